The quantitative estimate of drug-likeness (QED) is 0.678. The molecule has 0 aliphatic heterocycles. The molecule has 2 N–H and O–H groups in total. The van der Waals surface area contributed by atoms with Gasteiger partial charge in [-0.15, -0.1) is 0 Å². The Labute approximate surface area is 115 Å². The van der Waals surface area contributed by atoms with Crippen LogP contribution in [0.15, 0.2) is 0 Å². The van der Waals surface area contributed by atoms with Crippen LogP contribution in [0.1, 0.15) is 47.0 Å². The van der Waals surface area contributed by atoms with Crippen molar-refractivity contribution in [2.24, 2.45) is 5.92 Å². The number of thiol groups is 1. The van der Waals surface area contributed by atoms with Gasteiger partial charge in [0.2, 0.25) is 0 Å². The van der Waals surface area contributed by atoms with Gasteiger partial charge in [0.15, 0.2) is 0 Å². The molecule has 1 aliphatic rings. The molecule has 0 unspecified atom stereocenters. The van der Waals surface area contributed by atoms with Crippen molar-refractivity contribution >= 4 is 18.7 Å². The maximum atomic E-state index is 11.8. The summed E-state index contributed by atoms with van der Waals surface area (Å²) in [6, 6.07) is 0. The zero-order valence-electron chi connectivity index (χ0n) is 11.7. The summed E-state index contributed by atoms with van der Waals surface area (Å²) in [4.78, 5) is 11.8. The molecular formula is C13H25NO3S. The Kier molecular flexibility index (Phi) is 4.95. The van der Waals surface area contributed by atoms with E-state index in [9.17, 15) is 9.90 Å². The van der Waals surface area contributed by atoms with Gasteiger partial charge < -0.3 is 15.2 Å². The van der Waals surface area contributed by atoms with Gasteiger partial charge in [-0.25, -0.2) is 4.79 Å². The zero-order valence-corrected chi connectivity index (χ0v) is 12.6. The molecule has 1 saturated carbocycles. The molecule has 0 radical (unpaired) electrons. The van der Waals surface area contributed by atoms with E-state index in [2.05, 4.69) is 17.9 Å². The van der Waals surface area contributed by atoms with Crippen LogP contribution in [0.5, 0.6) is 0 Å². The van der Waals surface area contributed by atoms with E-state index in [1.165, 1.54) is 0 Å². The molecule has 1 rings (SSSR count). The topological polar surface area (TPSA) is 58.6 Å². The van der Waals surface area contributed by atoms with Crippen molar-refractivity contribution in [3.05, 3.63) is 0 Å². The average molecular weight is 275 g/mol. The smallest absolute Gasteiger partial charge is 0.408 e. The summed E-state index contributed by atoms with van der Waals surface area (Å²) in [6.45, 7) is 7.52. The second-order valence-corrected chi connectivity index (χ2v) is 6.67. The third-order valence-electron chi connectivity index (χ3n) is 3.40. The molecule has 18 heavy (non-hydrogen) atoms. The number of hydrogen-bond acceptors (Lipinski definition) is 4. The van der Waals surface area contributed by atoms with Crippen LogP contribution in [-0.4, -0.2) is 34.2 Å². The van der Waals surface area contributed by atoms with E-state index in [-0.39, 0.29) is 12.0 Å². The van der Waals surface area contributed by atoms with Crippen molar-refractivity contribution in [1.82, 2.24) is 5.32 Å². The number of carbonyl (C=O) groups is 1. The molecule has 0 aromatic carbocycles. The molecule has 1 aliphatic carbocycles. The minimum atomic E-state index is -0.511. The lowest BCUT2D eigenvalue weighted by molar-refractivity contribution is 0.0187. The summed E-state index contributed by atoms with van der Waals surface area (Å²) < 4.78 is 5.26. The van der Waals surface area contributed by atoms with E-state index in [0.717, 1.165) is 12.8 Å². The molecule has 1 fully saturated rings. The number of aliphatic hydroxyl groups excluding tert-OH is 1. The number of hydrogen-bond donors (Lipinski definition) is 3. The first kappa shape index (κ1) is 15.6. The van der Waals surface area contributed by atoms with Crippen LogP contribution in [0.2, 0.25) is 0 Å². The fourth-order valence-electron chi connectivity index (χ4n) is 2.22. The Balaban J connectivity index is 2.64. The van der Waals surface area contributed by atoms with Gasteiger partial charge in [0.25, 0.3) is 0 Å². The van der Waals surface area contributed by atoms with Gasteiger partial charge in [-0.2, -0.15) is 12.6 Å². The molecule has 0 saturated heterocycles. The van der Waals surface area contributed by atoms with Crippen molar-refractivity contribution in [2.75, 3.05) is 5.75 Å². The van der Waals surface area contributed by atoms with E-state index in [0.29, 0.717) is 12.2 Å². The number of rotatable bonds is 2. The standard InChI is InChI=1S/C13H25NO3S/c1-9-5-6-13(8-18,7-10(9)15)14-11(16)17-12(2,3)4/h9-10,15,18H,5-8H2,1-4H3,(H,14,16)/t9-,10-,13-/m0/s1. The number of alkyl carbamates (subject to hydrolysis) is 1. The fourth-order valence-corrected chi connectivity index (χ4v) is 2.58. The Bertz CT molecular complexity index is 303. The second kappa shape index (κ2) is 5.70. The highest BCUT2D eigenvalue weighted by Gasteiger charge is 2.39. The molecule has 0 spiro atoms. The van der Waals surface area contributed by atoms with E-state index < -0.39 is 17.2 Å². The van der Waals surface area contributed by atoms with Gasteiger partial charge in [-0.05, 0) is 46.0 Å². The summed E-state index contributed by atoms with van der Waals surface area (Å²) in [6.07, 6.45) is 1.43. The Morgan fingerprint density at radius 2 is 2.17 bits per heavy atom. The van der Waals surface area contributed by atoms with Crippen LogP contribution in [0.4, 0.5) is 4.79 Å². The van der Waals surface area contributed by atoms with Crippen LogP contribution in [0.3, 0.4) is 0 Å². The Hall–Kier alpha value is -0.420. The highest BCUT2D eigenvalue weighted by atomic mass is 32.1. The molecule has 1 amide bonds. The van der Waals surface area contributed by atoms with Crippen LogP contribution in [0, 0.1) is 5.92 Å². The fraction of sp³-hybridized carbons (Fsp3) is 0.923. The van der Waals surface area contributed by atoms with E-state index in [1.54, 1.807) is 0 Å². The largest absolute Gasteiger partial charge is 0.444 e. The lowest BCUT2D eigenvalue weighted by Gasteiger charge is -2.41. The highest BCUT2D eigenvalue weighted by molar-refractivity contribution is 7.80. The van der Waals surface area contributed by atoms with Gasteiger partial charge in [-0.3, -0.25) is 0 Å². The first-order valence-electron chi connectivity index (χ1n) is 6.47. The molecule has 0 bridgehead atoms. The third-order valence-corrected chi connectivity index (χ3v) is 4.01. The summed E-state index contributed by atoms with van der Waals surface area (Å²) in [5.74, 6) is 0.786. The van der Waals surface area contributed by atoms with E-state index >= 15 is 0 Å². The maximum Gasteiger partial charge on any atom is 0.408 e. The van der Waals surface area contributed by atoms with E-state index in [1.807, 2.05) is 27.7 Å². The average Bonchev–Trinajstić information content (AvgIpc) is 2.21. The van der Waals surface area contributed by atoms with Crippen molar-refractivity contribution in [1.29, 1.82) is 0 Å². The Morgan fingerprint density at radius 3 is 2.61 bits per heavy atom. The zero-order chi connectivity index (χ0) is 14.0. The SMILES string of the molecule is C[C@H]1CC[C@](CS)(NC(=O)OC(C)(C)C)C[C@@H]1O. The van der Waals surface area contributed by atoms with E-state index in [4.69, 9.17) is 4.74 Å². The number of aliphatic hydroxyl groups is 1. The lowest BCUT2D eigenvalue weighted by Crippen LogP contribution is -2.56. The minimum absolute atomic E-state index is 0.276. The highest BCUT2D eigenvalue weighted by Crippen LogP contribution is 2.33. The number of amides is 1. The molecule has 0 heterocycles. The van der Waals surface area contributed by atoms with Crippen molar-refractivity contribution < 1.29 is 14.6 Å². The summed E-state index contributed by atoms with van der Waals surface area (Å²) >= 11 is 4.32. The minimum Gasteiger partial charge on any atom is -0.444 e. The number of ether oxygens (including phenoxy) is 1. The van der Waals surface area contributed by atoms with Crippen LogP contribution >= 0.6 is 12.6 Å². The molecule has 3 atom stereocenters. The number of carbonyl (C=O) groups excluding carboxylic acids is 1. The van der Waals surface area contributed by atoms with Gasteiger partial charge in [0.1, 0.15) is 5.60 Å². The van der Waals surface area contributed by atoms with Crippen molar-refractivity contribution in [3.63, 3.8) is 0 Å². The molecule has 5 heteroatoms. The van der Waals surface area contributed by atoms with Gasteiger partial charge in [0, 0.05) is 5.75 Å². The van der Waals surface area contributed by atoms with Gasteiger partial charge >= 0.3 is 6.09 Å². The first-order valence-corrected chi connectivity index (χ1v) is 7.11. The molecule has 4 nitrogen and oxygen atoms in total. The summed E-state index contributed by atoms with van der Waals surface area (Å²) in [7, 11) is 0. The predicted molar refractivity (Wildman–Crippen MR) is 75.0 cm³/mol. The Morgan fingerprint density at radius 1 is 1.56 bits per heavy atom. The van der Waals surface area contributed by atoms with Crippen molar-refractivity contribution in [2.45, 2.75) is 64.2 Å². The van der Waals surface area contributed by atoms with Gasteiger partial charge in [0.05, 0.1) is 11.6 Å². The molecule has 0 aromatic rings. The van der Waals surface area contributed by atoms with Crippen LogP contribution in [0.25, 0.3) is 0 Å². The molecule has 0 aromatic heterocycles. The monoisotopic (exact) mass is 275 g/mol. The number of nitrogens with one attached hydrogen (secondary N) is 1. The van der Waals surface area contributed by atoms with Crippen LogP contribution < -0.4 is 5.32 Å². The first-order chi connectivity index (χ1) is 8.17. The molecular weight excluding hydrogens is 250 g/mol. The third kappa shape index (κ3) is 4.35. The van der Waals surface area contributed by atoms with Crippen LogP contribution in [-0.2, 0) is 4.74 Å². The summed E-state index contributed by atoms with van der Waals surface area (Å²) in [5.41, 5.74) is -0.959. The second-order valence-electron chi connectivity index (χ2n) is 6.35. The van der Waals surface area contributed by atoms with Crippen molar-refractivity contribution in [3.8, 4) is 0 Å². The lowest BCUT2D eigenvalue weighted by atomic mass is 9.76. The summed E-state index contributed by atoms with van der Waals surface area (Å²) in [5, 5.41) is 12.9. The normalized spacial score (nSPS) is 33.0. The predicted octanol–water partition coefficient (Wildman–Crippen LogP) is 2.36. The molecule has 106 valence electrons. The maximum absolute atomic E-state index is 11.8. The van der Waals surface area contributed by atoms with Gasteiger partial charge in [-0.1, -0.05) is 6.92 Å².